The van der Waals surface area contributed by atoms with Crippen molar-refractivity contribution in [3.63, 3.8) is 0 Å². The summed E-state index contributed by atoms with van der Waals surface area (Å²) >= 11 is 0. The van der Waals surface area contributed by atoms with Crippen molar-refractivity contribution in [2.75, 3.05) is 11.9 Å². The van der Waals surface area contributed by atoms with Gasteiger partial charge in [0, 0.05) is 31.5 Å². The number of ether oxygens (including phenoxy) is 1. The van der Waals surface area contributed by atoms with Crippen LogP contribution in [0.25, 0.3) is 11.1 Å². The fourth-order valence-corrected chi connectivity index (χ4v) is 4.37. The predicted octanol–water partition coefficient (Wildman–Crippen LogP) is 4.01. The average molecular weight is 477 g/mol. The SMILES string of the molecule is CC(C)[C@H](CC(=O)Nc1cc(C(=O)O)n(C)n1)NC(=O)OCC1c2ccccc2-c2ccccc21. The van der Waals surface area contributed by atoms with Crippen molar-refractivity contribution in [2.24, 2.45) is 13.0 Å². The number of rotatable bonds is 8. The molecule has 1 aliphatic carbocycles. The van der Waals surface area contributed by atoms with Crippen molar-refractivity contribution < 1.29 is 24.2 Å². The molecule has 1 aromatic heterocycles. The number of benzene rings is 2. The predicted molar refractivity (Wildman–Crippen MR) is 130 cm³/mol. The normalized spacial score (nSPS) is 13.1. The Balaban J connectivity index is 1.36. The zero-order chi connectivity index (χ0) is 25.1. The molecule has 1 heterocycles. The highest BCUT2D eigenvalue weighted by atomic mass is 16.5. The molecule has 35 heavy (non-hydrogen) atoms. The molecule has 182 valence electrons. The smallest absolute Gasteiger partial charge is 0.407 e. The lowest BCUT2D eigenvalue weighted by Gasteiger charge is -2.22. The van der Waals surface area contributed by atoms with Gasteiger partial charge in [-0.15, -0.1) is 0 Å². The van der Waals surface area contributed by atoms with E-state index in [0.29, 0.717) is 0 Å². The lowest BCUT2D eigenvalue weighted by Crippen LogP contribution is -2.41. The van der Waals surface area contributed by atoms with Gasteiger partial charge < -0.3 is 20.5 Å². The van der Waals surface area contributed by atoms with Gasteiger partial charge in [0.2, 0.25) is 5.91 Å². The number of nitrogens with one attached hydrogen (secondary N) is 2. The first-order valence-electron chi connectivity index (χ1n) is 11.4. The Morgan fingerprint density at radius 3 is 2.20 bits per heavy atom. The summed E-state index contributed by atoms with van der Waals surface area (Å²) in [6.07, 6.45) is -0.606. The second kappa shape index (κ2) is 10.0. The second-order valence-electron chi connectivity index (χ2n) is 8.92. The van der Waals surface area contributed by atoms with Crippen LogP contribution < -0.4 is 10.6 Å². The van der Waals surface area contributed by atoms with Gasteiger partial charge in [-0.25, -0.2) is 9.59 Å². The minimum absolute atomic E-state index is 0.0131. The molecule has 2 amide bonds. The van der Waals surface area contributed by atoms with Crippen molar-refractivity contribution in [2.45, 2.75) is 32.2 Å². The first kappa shape index (κ1) is 24.0. The van der Waals surface area contributed by atoms with Gasteiger partial charge in [0.1, 0.15) is 12.3 Å². The lowest BCUT2D eigenvalue weighted by molar-refractivity contribution is -0.116. The monoisotopic (exact) mass is 476 g/mol. The van der Waals surface area contributed by atoms with Gasteiger partial charge in [-0.3, -0.25) is 9.48 Å². The molecule has 0 radical (unpaired) electrons. The van der Waals surface area contributed by atoms with E-state index in [1.54, 1.807) is 0 Å². The zero-order valence-electron chi connectivity index (χ0n) is 19.8. The molecular weight excluding hydrogens is 448 g/mol. The molecule has 0 spiro atoms. The van der Waals surface area contributed by atoms with Crippen LogP contribution in [-0.4, -0.2) is 45.5 Å². The molecule has 9 heteroatoms. The van der Waals surface area contributed by atoms with Crippen molar-refractivity contribution in [1.82, 2.24) is 15.1 Å². The van der Waals surface area contributed by atoms with Crippen molar-refractivity contribution >= 4 is 23.8 Å². The number of aromatic carboxylic acids is 1. The number of aromatic nitrogens is 2. The van der Waals surface area contributed by atoms with Crippen LogP contribution in [0.1, 0.15) is 47.8 Å². The molecule has 0 aliphatic heterocycles. The Morgan fingerprint density at radius 2 is 1.66 bits per heavy atom. The van der Waals surface area contributed by atoms with Gasteiger partial charge >= 0.3 is 12.1 Å². The maximum absolute atomic E-state index is 12.7. The molecule has 0 fully saturated rings. The summed E-state index contributed by atoms with van der Waals surface area (Å²) in [5.41, 5.74) is 4.50. The van der Waals surface area contributed by atoms with E-state index >= 15 is 0 Å². The number of anilines is 1. The van der Waals surface area contributed by atoms with Crippen LogP contribution in [0.5, 0.6) is 0 Å². The highest BCUT2D eigenvalue weighted by Crippen LogP contribution is 2.44. The number of amides is 2. The van der Waals surface area contributed by atoms with Gasteiger partial charge in [0.15, 0.2) is 5.82 Å². The number of nitrogens with zero attached hydrogens (tertiary/aromatic N) is 2. The standard InChI is InChI=1S/C26H28N4O5/c1-15(2)21(12-24(31)28-23-13-22(25(32)33)30(3)29-23)27-26(34)35-14-20-18-10-6-4-8-16(18)17-9-5-7-11-19(17)20/h4-11,13,15,20-21H,12,14H2,1-3H3,(H,27,34)(H,32,33)(H,28,29,31)/t21-/m0/s1. The number of hydrogen-bond acceptors (Lipinski definition) is 5. The topological polar surface area (TPSA) is 123 Å². The number of carbonyl (C=O) groups is 3. The number of alkyl carbamates (subject to hydrolysis) is 1. The third kappa shape index (κ3) is 5.18. The summed E-state index contributed by atoms with van der Waals surface area (Å²) in [5, 5.41) is 18.5. The minimum Gasteiger partial charge on any atom is -0.477 e. The number of hydrogen-bond donors (Lipinski definition) is 3. The lowest BCUT2D eigenvalue weighted by atomic mass is 9.98. The van der Waals surface area contributed by atoms with E-state index in [-0.39, 0.29) is 36.4 Å². The number of carboxylic acid groups (broad SMARTS) is 1. The van der Waals surface area contributed by atoms with E-state index in [1.807, 2.05) is 38.1 Å². The number of carboxylic acids is 1. The molecular formula is C26H28N4O5. The van der Waals surface area contributed by atoms with E-state index < -0.39 is 24.0 Å². The first-order chi connectivity index (χ1) is 16.7. The molecule has 0 bridgehead atoms. The molecule has 0 unspecified atom stereocenters. The number of fused-ring (bicyclic) bond motifs is 3. The van der Waals surface area contributed by atoms with Gasteiger partial charge in [-0.05, 0) is 28.2 Å². The summed E-state index contributed by atoms with van der Waals surface area (Å²) in [7, 11) is 1.48. The van der Waals surface area contributed by atoms with Crippen molar-refractivity contribution in [3.05, 3.63) is 71.4 Å². The highest BCUT2D eigenvalue weighted by molar-refractivity contribution is 5.92. The quantitative estimate of drug-likeness (QED) is 0.452. The zero-order valence-corrected chi connectivity index (χ0v) is 19.8. The summed E-state index contributed by atoms with van der Waals surface area (Å²) in [5.74, 6) is -1.49. The van der Waals surface area contributed by atoms with Gasteiger partial charge in [0.05, 0.1) is 0 Å². The number of carbonyl (C=O) groups excluding carboxylic acids is 2. The van der Waals surface area contributed by atoms with Gasteiger partial charge in [-0.1, -0.05) is 62.4 Å². The second-order valence-corrected chi connectivity index (χ2v) is 8.92. The average Bonchev–Trinajstić information content (AvgIpc) is 3.34. The first-order valence-corrected chi connectivity index (χ1v) is 11.4. The molecule has 0 saturated heterocycles. The summed E-state index contributed by atoms with van der Waals surface area (Å²) in [6, 6.07) is 17.0. The Labute approximate surface area is 203 Å². The maximum Gasteiger partial charge on any atom is 0.407 e. The van der Waals surface area contributed by atoms with Crippen LogP contribution in [0.4, 0.5) is 10.6 Å². The van der Waals surface area contributed by atoms with Crippen LogP contribution in [0.3, 0.4) is 0 Å². The maximum atomic E-state index is 12.7. The van der Waals surface area contributed by atoms with E-state index in [4.69, 9.17) is 9.84 Å². The Morgan fingerprint density at radius 1 is 1.06 bits per heavy atom. The van der Waals surface area contributed by atoms with Crippen LogP contribution in [0, 0.1) is 5.92 Å². The van der Waals surface area contributed by atoms with Crippen LogP contribution in [-0.2, 0) is 16.6 Å². The number of aryl methyl sites for hydroxylation is 1. The molecule has 1 aliphatic rings. The molecule has 9 nitrogen and oxygen atoms in total. The minimum atomic E-state index is -1.14. The van der Waals surface area contributed by atoms with Gasteiger partial charge in [0.25, 0.3) is 0 Å². The van der Waals surface area contributed by atoms with Crippen LogP contribution in [0.2, 0.25) is 0 Å². The summed E-state index contributed by atoms with van der Waals surface area (Å²) in [4.78, 5) is 36.4. The van der Waals surface area contributed by atoms with Crippen LogP contribution in [0.15, 0.2) is 54.6 Å². The highest BCUT2D eigenvalue weighted by Gasteiger charge is 2.29. The molecule has 0 saturated carbocycles. The van der Waals surface area contributed by atoms with E-state index in [9.17, 15) is 14.4 Å². The molecule has 2 aromatic carbocycles. The Bertz CT molecular complexity index is 1220. The fourth-order valence-electron chi connectivity index (χ4n) is 4.37. The Hall–Kier alpha value is -4.14. The summed E-state index contributed by atoms with van der Waals surface area (Å²) < 4.78 is 6.78. The Kier molecular flexibility index (Phi) is 6.86. The van der Waals surface area contributed by atoms with Gasteiger partial charge in [-0.2, -0.15) is 5.10 Å². The molecule has 3 aromatic rings. The molecule has 4 rings (SSSR count). The van der Waals surface area contributed by atoms with E-state index in [2.05, 4.69) is 40.0 Å². The van der Waals surface area contributed by atoms with Crippen molar-refractivity contribution in [1.29, 1.82) is 0 Å². The van der Waals surface area contributed by atoms with Crippen LogP contribution >= 0.6 is 0 Å². The van der Waals surface area contributed by atoms with Crippen molar-refractivity contribution in [3.8, 4) is 11.1 Å². The van der Waals surface area contributed by atoms with E-state index in [1.165, 1.54) is 17.8 Å². The largest absolute Gasteiger partial charge is 0.477 e. The third-order valence-electron chi connectivity index (χ3n) is 6.22. The third-order valence-corrected chi connectivity index (χ3v) is 6.22. The summed E-state index contributed by atoms with van der Waals surface area (Å²) in [6.45, 7) is 3.97. The molecule has 1 atom stereocenters. The fraction of sp³-hybridized carbons (Fsp3) is 0.308. The van der Waals surface area contributed by atoms with E-state index in [0.717, 1.165) is 22.3 Å². The molecule has 3 N–H and O–H groups in total.